The van der Waals surface area contributed by atoms with Gasteiger partial charge in [-0.05, 0) is 66.6 Å². The van der Waals surface area contributed by atoms with Gasteiger partial charge < -0.3 is 9.84 Å². The third-order valence-corrected chi connectivity index (χ3v) is 5.08. The molecule has 1 heterocycles. The lowest BCUT2D eigenvalue weighted by Crippen LogP contribution is -2.02. The minimum atomic E-state index is -0.743. The second kappa shape index (κ2) is 7.68. The maximum atomic E-state index is 14.2. The predicted molar refractivity (Wildman–Crippen MR) is 97.7 cm³/mol. The van der Waals surface area contributed by atoms with Gasteiger partial charge in [-0.15, -0.1) is 11.3 Å². The van der Waals surface area contributed by atoms with Crippen molar-refractivity contribution < 1.29 is 18.6 Å². The van der Waals surface area contributed by atoms with E-state index in [1.807, 2.05) is 19.1 Å². The molecular weight excluding hydrogens is 366 g/mol. The fraction of sp³-hybridized carbons (Fsp3) is 0.263. The van der Waals surface area contributed by atoms with E-state index < -0.39 is 17.4 Å². The Bertz CT molecular complexity index is 885. The number of benzene rings is 2. The van der Waals surface area contributed by atoms with Gasteiger partial charge in [0.15, 0.2) is 17.4 Å². The van der Waals surface area contributed by atoms with Crippen LogP contribution >= 0.6 is 22.9 Å². The first kappa shape index (κ1) is 18.1. The number of hydrogen-bond acceptors (Lipinski definition) is 3. The third-order valence-electron chi connectivity index (χ3n) is 3.86. The molecule has 3 aromatic rings. The Balaban J connectivity index is 1.84. The van der Waals surface area contributed by atoms with Crippen LogP contribution in [0, 0.1) is 18.6 Å². The van der Waals surface area contributed by atoms with Gasteiger partial charge in [0.2, 0.25) is 0 Å². The monoisotopic (exact) mass is 382 g/mol. The highest BCUT2D eigenvalue weighted by molar-refractivity contribution is 7.19. The summed E-state index contributed by atoms with van der Waals surface area (Å²) in [5.74, 6) is -1.88. The fourth-order valence-corrected chi connectivity index (χ4v) is 4.06. The highest BCUT2D eigenvalue weighted by atomic mass is 35.5. The number of thiophene rings is 1. The molecule has 0 radical (unpaired) electrons. The molecule has 0 atom stereocenters. The Morgan fingerprint density at radius 2 is 1.84 bits per heavy atom. The lowest BCUT2D eigenvalue weighted by Gasteiger charge is -2.11. The van der Waals surface area contributed by atoms with Crippen molar-refractivity contribution in [3.63, 3.8) is 0 Å². The average molecular weight is 383 g/mol. The molecule has 0 aliphatic rings. The lowest BCUT2D eigenvalue weighted by atomic mass is 10.1. The summed E-state index contributed by atoms with van der Waals surface area (Å²) in [4.78, 5) is 1.13. The van der Waals surface area contributed by atoms with Crippen LogP contribution in [0.15, 0.2) is 30.3 Å². The SMILES string of the molecule is Cc1cc2c(COc3c(F)cc(CCCO)cc3F)cc(Cl)cc2s1. The van der Waals surface area contributed by atoms with Crippen LogP contribution < -0.4 is 4.74 Å². The molecule has 6 heteroatoms. The van der Waals surface area contributed by atoms with E-state index in [9.17, 15) is 8.78 Å². The Kier molecular flexibility index (Phi) is 5.57. The average Bonchev–Trinajstić information content (AvgIpc) is 2.92. The normalized spacial score (nSPS) is 11.2. The van der Waals surface area contributed by atoms with Crippen LogP contribution in [0.3, 0.4) is 0 Å². The van der Waals surface area contributed by atoms with Crippen molar-refractivity contribution >= 4 is 33.0 Å². The van der Waals surface area contributed by atoms with Crippen LogP contribution in [0.25, 0.3) is 10.1 Å². The minimum Gasteiger partial charge on any atom is -0.483 e. The summed E-state index contributed by atoms with van der Waals surface area (Å²) in [5, 5.41) is 10.4. The van der Waals surface area contributed by atoms with Crippen molar-refractivity contribution in [3.05, 3.63) is 63.0 Å². The van der Waals surface area contributed by atoms with Gasteiger partial charge in [-0.25, -0.2) is 8.78 Å². The molecular formula is C19H17ClF2O2S. The smallest absolute Gasteiger partial charge is 0.191 e. The zero-order chi connectivity index (χ0) is 18.0. The Morgan fingerprint density at radius 3 is 2.52 bits per heavy atom. The largest absolute Gasteiger partial charge is 0.483 e. The first-order valence-corrected chi connectivity index (χ1v) is 9.07. The molecule has 2 aromatic carbocycles. The number of ether oxygens (including phenoxy) is 1. The standard InChI is InChI=1S/C19H17ClF2O2S/c1-11-5-15-13(8-14(20)9-18(15)25-11)10-24-19-16(21)6-12(3-2-4-23)7-17(19)22/h5-9,23H,2-4,10H2,1H3. The molecule has 1 aromatic heterocycles. The van der Waals surface area contributed by atoms with Crippen molar-refractivity contribution in [2.45, 2.75) is 26.4 Å². The van der Waals surface area contributed by atoms with E-state index in [0.717, 1.165) is 20.5 Å². The molecule has 2 nitrogen and oxygen atoms in total. The van der Waals surface area contributed by atoms with Gasteiger partial charge in [0.1, 0.15) is 6.61 Å². The summed E-state index contributed by atoms with van der Waals surface area (Å²) in [5.41, 5.74) is 1.28. The second-order valence-electron chi connectivity index (χ2n) is 5.84. The van der Waals surface area contributed by atoms with Crippen LogP contribution in [0.1, 0.15) is 22.4 Å². The van der Waals surface area contributed by atoms with Crippen molar-refractivity contribution in [1.29, 1.82) is 0 Å². The molecule has 0 amide bonds. The van der Waals surface area contributed by atoms with E-state index >= 15 is 0 Å². The van der Waals surface area contributed by atoms with Crippen LogP contribution in [0.2, 0.25) is 5.02 Å². The molecule has 0 saturated heterocycles. The molecule has 0 spiro atoms. The predicted octanol–water partition coefficient (Wildman–Crippen LogP) is 5.65. The summed E-state index contributed by atoms with van der Waals surface area (Å²) in [6, 6.07) is 8.13. The lowest BCUT2D eigenvalue weighted by molar-refractivity contribution is 0.274. The van der Waals surface area contributed by atoms with E-state index in [4.69, 9.17) is 21.4 Å². The van der Waals surface area contributed by atoms with E-state index in [2.05, 4.69) is 0 Å². The van der Waals surface area contributed by atoms with Crippen LogP contribution in [0.4, 0.5) is 8.78 Å². The molecule has 0 unspecified atom stereocenters. The van der Waals surface area contributed by atoms with Gasteiger partial charge in [0.25, 0.3) is 0 Å². The van der Waals surface area contributed by atoms with Gasteiger partial charge >= 0.3 is 0 Å². The zero-order valence-corrected chi connectivity index (χ0v) is 15.2. The van der Waals surface area contributed by atoms with E-state index in [-0.39, 0.29) is 13.2 Å². The summed E-state index contributed by atoms with van der Waals surface area (Å²) >= 11 is 7.74. The fourth-order valence-electron chi connectivity index (χ4n) is 2.75. The van der Waals surface area contributed by atoms with Crippen molar-refractivity contribution in [3.8, 4) is 5.75 Å². The maximum absolute atomic E-state index is 14.2. The number of aliphatic hydroxyl groups is 1. The van der Waals surface area contributed by atoms with Gasteiger partial charge in [-0.3, -0.25) is 0 Å². The number of halogens is 3. The highest BCUT2D eigenvalue weighted by Crippen LogP contribution is 2.32. The van der Waals surface area contributed by atoms with E-state index in [1.54, 1.807) is 17.4 Å². The number of hydrogen-bond donors (Lipinski definition) is 1. The van der Waals surface area contributed by atoms with Crippen molar-refractivity contribution in [2.24, 2.45) is 0 Å². The molecule has 3 rings (SSSR count). The molecule has 0 fully saturated rings. The molecule has 0 aliphatic carbocycles. The van der Waals surface area contributed by atoms with E-state index in [1.165, 1.54) is 12.1 Å². The topological polar surface area (TPSA) is 29.5 Å². The first-order chi connectivity index (χ1) is 12.0. The zero-order valence-electron chi connectivity index (χ0n) is 13.6. The van der Waals surface area contributed by atoms with E-state index in [0.29, 0.717) is 23.4 Å². The molecule has 25 heavy (non-hydrogen) atoms. The van der Waals surface area contributed by atoms with Crippen LogP contribution in [-0.2, 0) is 13.0 Å². The van der Waals surface area contributed by atoms with Gasteiger partial charge in [0, 0.05) is 21.2 Å². The summed E-state index contributed by atoms with van der Waals surface area (Å²) < 4.78 is 34.8. The number of fused-ring (bicyclic) bond motifs is 1. The van der Waals surface area contributed by atoms with Crippen LogP contribution in [0.5, 0.6) is 5.75 Å². The van der Waals surface area contributed by atoms with Gasteiger partial charge in [0.05, 0.1) is 0 Å². The van der Waals surface area contributed by atoms with Crippen molar-refractivity contribution in [2.75, 3.05) is 6.61 Å². The highest BCUT2D eigenvalue weighted by Gasteiger charge is 2.14. The molecule has 0 aliphatic heterocycles. The Morgan fingerprint density at radius 1 is 1.12 bits per heavy atom. The number of aryl methyl sites for hydroxylation is 2. The molecule has 1 N–H and O–H groups in total. The summed E-state index contributed by atoms with van der Waals surface area (Å²) in [6.45, 7) is 2.00. The summed E-state index contributed by atoms with van der Waals surface area (Å²) in [6.07, 6.45) is 0.866. The Labute approximate surface area is 153 Å². The van der Waals surface area contributed by atoms with Gasteiger partial charge in [-0.1, -0.05) is 11.6 Å². The minimum absolute atomic E-state index is 0.0215. The first-order valence-electron chi connectivity index (χ1n) is 7.88. The molecule has 132 valence electrons. The summed E-state index contributed by atoms with van der Waals surface area (Å²) in [7, 11) is 0. The number of aliphatic hydroxyl groups excluding tert-OH is 1. The quantitative estimate of drug-likeness (QED) is 0.597. The number of rotatable bonds is 6. The third kappa shape index (κ3) is 4.11. The van der Waals surface area contributed by atoms with Crippen molar-refractivity contribution in [1.82, 2.24) is 0 Å². The maximum Gasteiger partial charge on any atom is 0.191 e. The Hall–Kier alpha value is -1.69. The second-order valence-corrected chi connectivity index (χ2v) is 7.56. The molecule has 0 bridgehead atoms. The van der Waals surface area contributed by atoms with Gasteiger partial charge in [-0.2, -0.15) is 0 Å². The molecule has 0 saturated carbocycles. The van der Waals surface area contributed by atoms with Crippen LogP contribution in [-0.4, -0.2) is 11.7 Å².